The Labute approximate surface area is 81.0 Å². The summed E-state index contributed by atoms with van der Waals surface area (Å²) >= 11 is 0. The molecule has 0 saturated heterocycles. The molecule has 2 heteroatoms. The molecule has 1 atom stereocenters. The summed E-state index contributed by atoms with van der Waals surface area (Å²) in [6.45, 7) is 6.24. The maximum absolute atomic E-state index is 10.4. The van der Waals surface area contributed by atoms with E-state index in [0.717, 1.165) is 25.7 Å². The molecule has 0 aliphatic heterocycles. The van der Waals surface area contributed by atoms with E-state index in [9.17, 15) is 10.2 Å². The maximum atomic E-state index is 10.4. The monoisotopic (exact) mass is 186 g/mol. The zero-order valence-corrected chi connectivity index (χ0v) is 9.01. The quantitative estimate of drug-likeness (QED) is 0.707. The van der Waals surface area contributed by atoms with Gasteiger partial charge in [0.05, 0.1) is 12.2 Å². The van der Waals surface area contributed by atoms with Gasteiger partial charge in [-0.05, 0) is 18.8 Å². The summed E-state index contributed by atoms with van der Waals surface area (Å²) in [7, 11) is 0. The third kappa shape index (κ3) is 1.62. The van der Waals surface area contributed by atoms with Crippen LogP contribution in [0, 0.1) is 11.3 Å². The summed E-state index contributed by atoms with van der Waals surface area (Å²) in [5.74, 6) is 0.320. The highest BCUT2D eigenvalue weighted by atomic mass is 16.3. The third-order valence-electron chi connectivity index (χ3n) is 4.10. The van der Waals surface area contributed by atoms with E-state index in [2.05, 4.69) is 13.8 Å². The van der Waals surface area contributed by atoms with Crippen molar-refractivity contribution < 1.29 is 10.2 Å². The van der Waals surface area contributed by atoms with Crippen LogP contribution in [-0.4, -0.2) is 22.4 Å². The largest absolute Gasteiger partial charge is 0.396 e. The van der Waals surface area contributed by atoms with Gasteiger partial charge in [0.25, 0.3) is 0 Å². The lowest BCUT2D eigenvalue weighted by Gasteiger charge is -2.44. The highest BCUT2D eigenvalue weighted by Gasteiger charge is 2.49. The Kier molecular flexibility index (Phi) is 3.03. The lowest BCUT2D eigenvalue weighted by Crippen LogP contribution is -2.50. The average molecular weight is 186 g/mol. The van der Waals surface area contributed by atoms with Crippen LogP contribution in [0.1, 0.15) is 46.5 Å². The molecule has 0 bridgehead atoms. The van der Waals surface area contributed by atoms with Crippen LogP contribution < -0.4 is 0 Å². The first kappa shape index (κ1) is 11.0. The highest BCUT2D eigenvalue weighted by molar-refractivity contribution is 5.00. The summed E-state index contributed by atoms with van der Waals surface area (Å²) in [5, 5.41) is 19.8. The average Bonchev–Trinajstić information content (AvgIpc) is 2.51. The van der Waals surface area contributed by atoms with E-state index in [0.29, 0.717) is 5.92 Å². The van der Waals surface area contributed by atoms with Crippen molar-refractivity contribution in [2.24, 2.45) is 11.3 Å². The summed E-state index contributed by atoms with van der Waals surface area (Å²) < 4.78 is 0. The van der Waals surface area contributed by atoms with Crippen LogP contribution in [-0.2, 0) is 0 Å². The standard InChI is InChI=1S/C11H22O2/c1-9(2)10(3,8-12)11(13)6-4-5-7-11/h9,12-13H,4-8H2,1-3H3. The zero-order chi connectivity index (χ0) is 10.1. The molecule has 1 fully saturated rings. The van der Waals surface area contributed by atoms with Crippen LogP contribution >= 0.6 is 0 Å². The molecule has 0 spiro atoms. The van der Waals surface area contributed by atoms with E-state index >= 15 is 0 Å². The molecule has 1 saturated carbocycles. The second-order valence-corrected chi connectivity index (χ2v) is 4.97. The molecule has 2 nitrogen and oxygen atoms in total. The van der Waals surface area contributed by atoms with Crippen LogP contribution in [0.4, 0.5) is 0 Å². The molecule has 0 radical (unpaired) electrons. The lowest BCUT2D eigenvalue weighted by molar-refractivity contribution is -0.119. The number of rotatable bonds is 3. The van der Waals surface area contributed by atoms with Gasteiger partial charge in [-0.2, -0.15) is 0 Å². The Morgan fingerprint density at radius 3 is 2.08 bits per heavy atom. The van der Waals surface area contributed by atoms with Gasteiger partial charge < -0.3 is 10.2 Å². The SMILES string of the molecule is CC(C)C(C)(CO)C1(O)CCCC1. The number of hydrogen-bond donors (Lipinski definition) is 2. The van der Waals surface area contributed by atoms with Crippen molar-refractivity contribution in [3.05, 3.63) is 0 Å². The second-order valence-electron chi connectivity index (χ2n) is 4.97. The van der Waals surface area contributed by atoms with Crippen molar-refractivity contribution >= 4 is 0 Å². The molecule has 1 aliphatic carbocycles. The van der Waals surface area contributed by atoms with Crippen LogP contribution in [0.2, 0.25) is 0 Å². The van der Waals surface area contributed by atoms with E-state index in [1.54, 1.807) is 0 Å². The molecule has 2 N–H and O–H groups in total. The van der Waals surface area contributed by atoms with Crippen molar-refractivity contribution in [1.29, 1.82) is 0 Å². The van der Waals surface area contributed by atoms with Crippen molar-refractivity contribution in [2.45, 2.75) is 52.1 Å². The summed E-state index contributed by atoms with van der Waals surface area (Å²) in [4.78, 5) is 0. The molecule has 0 heterocycles. The molecular weight excluding hydrogens is 164 g/mol. The Bertz CT molecular complexity index is 171. The second kappa shape index (κ2) is 3.58. The molecule has 0 aromatic heterocycles. The van der Waals surface area contributed by atoms with Gasteiger partial charge in [-0.3, -0.25) is 0 Å². The van der Waals surface area contributed by atoms with E-state index in [1.807, 2.05) is 6.92 Å². The minimum Gasteiger partial charge on any atom is -0.396 e. The molecule has 1 aliphatic rings. The Morgan fingerprint density at radius 1 is 1.31 bits per heavy atom. The van der Waals surface area contributed by atoms with Gasteiger partial charge in [-0.25, -0.2) is 0 Å². The first-order chi connectivity index (χ1) is 5.96. The first-order valence-corrected chi connectivity index (χ1v) is 5.29. The van der Waals surface area contributed by atoms with E-state index < -0.39 is 5.60 Å². The number of hydrogen-bond acceptors (Lipinski definition) is 2. The van der Waals surface area contributed by atoms with Crippen molar-refractivity contribution in [3.8, 4) is 0 Å². The molecule has 1 rings (SSSR count). The summed E-state index contributed by atoms with van der Waals surface area (Å²) in [6.07, 6.45) is 3.89. The maximum Gasteiger partial charge on any atom is 0.0725 e. The first-order valence-electron chi connectivity index (χ1n) is 5.29. The highest BCUT2D eigenvalue weighted by Crippen LogP contribution is 2.47. The van der Waals surface area contributed by atoms with Gasteiger partial charge in [-0.1, -0.05) is 33.6 Å². The van der Waals surface area contributed by atoms with Gasteiger partial charge in [0, 0.05) is 5.41 Å². The topological polar surface area (TPSA) is 40.5 Å². The molecule has 78 valence electrons. The Balaban J connectivity index is 2.86. The van der Waals surface area contributed by atoms with Gasteiger partial charge in [0.2, 0.25) is 0 Å². The van der Waals surface area contributed by atoms with E-state index in [-0.39, 0.29) is 12.0 Å². The fourth-order valence-corrected chi connectivity index (χ4v) is 2.40. The predicted molar refractivity (Wildman–Crippen MR) is 53.4 cm³/mol. The predicted octanol–water partition coefficient (Wildman–Crippen LogP) is 1.95. The van der Waals surface area contributed by atoms with Crippen molar-refractivity contribution in [1.82, 2.24) is 0 Å². The zero-order valence-electron chi connectivity index (χ0n) is 9.01. The number of aliphatic hydroxyl groups is 2. The summed E-state index contributed by atoms with van der Waals surface area (Å²) in [5.41, 5.74) is -0.959. The summed E-state index contributed by atoms with van der Waals surface area (Å²) in [6, 6.07) is 0. The molecule has 0 aromatic carbocycles. The Morgan fingerprint density at radius 2 is 1.77 bits per heavy atom. The van der Waals surface area contributed by atoms with Crippen LogP contribution in [0.15, 0.2) is 0 Å². The van der Waals surface area contributed by atoms with Gasteiger partial charge in [0.1, 0.15) is 0 Å². The van der Waals surface area contributed by atoms with E-state index in [1.165, 1.54) is 0 Å². The van der Waals surface area contributed by atoms with E-state index in [4.69, 9.17) is 0 Å². The van der Waals surface area contributed by atoms with Gasteiger partial charge in [-0.15, -0.1) is 0 Å². The smallest absolute Gasteiger partial charge is 0.0725 e. The van der Waals surface area contributed by atoms with Gasteiger partial charge in [0.15, 0.2) is 0 Å². The molecule has 0 aromatic rings. The van der Waals surface area contributed by atoms with Crippen molar-refractivity contribution in [3.63, 3.8) is 0 Å². The Hall–Kier alpha value is -0.0800. The van der Waals surface area contributed by atoms with Crippen molar-refractivity contribution in [2.75, 3.05) is 6.61 Å². The number of aliphatic hydroxyl groups excluding tert-OH is 1. The van der Waals surface area contributed by atoms with Crippen LogP contribution in [0.25, 0.3) is 0 Å². The van der Waals surface area contributed by atoms with Crippen LogP contribution in [0.5, 0.6) is 0 Å². The molecule has 0 amide bonds. The fraction of sp³-hybridized carbons (Fsp3) is 1.00. The normalized spacial score (nSPS) is 26.3. The molecular formula is C11H22O2. The third-order valence-corrected chi connectivity index (χ3v) is 4.10. The van der Waals surface area contributed by atoms with Crippen LogP contribution in [0.3, 0.4) is 0 Å². The minimum absolute atomic E-state index is 0.0845. The minimum atomic E-state index is -0.629. The fourth-order valence-electron chi connectivity index (χ4n) is 2.40. The lowest BCUT2D eigenvalue weighted by atomic mass is 9.66. The molecule has 1 unspecified atom stereocenters. The van der Waals surface area contributed by atoms with Gasteiger partial charge >= 0.3 is 0 Å². The molecule has 13 heavy (non-hydrogen) atoms.